The van der Waals surface area contributed by atoms with Crippen molar-refractivity contribution in [3.63, 3.8) is 0 Å². The van der Waals surface area contributed by atoms with Gasteiger partial charge in [-0.2, -0.15) is 0 Å². The zero-order valence-corrected chi connectivity index (χ0v) is 12.7. The topological polar surface area (TPSA) is 59.4 Å². The number of rotatable bonds is 2. The number of carbonyl (C=O) groups is 1. The molecular formula is C16H9BrFNO3. The first-order valence-corrected chi connectivity index (χ1v) is 7.10. The molecule has 0 fully saturated rings. The van der Waals surface area contributed by atoms with E-state index in [1.165, 1.54) is 0 Å². The maximum absolute atomic E-state index is 14.7. The lowest BCUT2D eigenvalue weighted by atomic mass is 10.1. The van der Waals surface area contributed by atoms with Crippen LogP contribution < -0.4 is 4.74 Å². The van der Waals surface area contributed by atoms with Crippen LogP contribution in [0.2, 0.25) is 0 Å². The van der Waals surface area contributed by atoms with Gasteiger partial charge in [0.05, 0.1) is 5.52 Å². The predicted molar refractivity (Wildman–Crippen MR) is 83.5 cm³/mol. The third kappa shape index (κ3) is 2.65. The molecule has 2 aromatic carbocycles. The minimum atomic E-state index is -1.58. The highest BCUT2D eigenvalue weighted by molar-refractivity contribution is 9.10. The van der Waals surface area contributed by atoms with Crippen molar-refractivity contribution in [2.45, 2.75) is 0 Å². The summed E-state index contributed by atoms with van der Waals surface area (Å²) in [6.07, 6.45) is -1.58. The Hall–Kier alpha value is -2.47. The number of hydrogen-bond acceptors (Lipinski definition) is 3. The second-order valence-corrected chi connectivity index (χ2v) is 5.41. The van der Waals surface area contributed by atoms with Crippen molar-refractivity contribution in [2.24, 2.45) is 0 Å². The Morgan fingerprint density at radius 1 is 1.18 bits per heavy atom. The van der Waals surface area contributed by atoms with Gasteiger partial charge in [-0.05, 0) is 18.2 Å². The number of halogens is 2. The monoisotopic (exact) mass is 361 g/mol. The van der Waals surface area contributed by atoms with Gasteiger partial charge in [0.15, 0.2) is 11.6 Å². The van der Waals surface area contributed by atoms with Crippen molar-refractivity contribution in [2.75, 3.05) is 0 Å². The van der Waals surface area contributed by atoms with Gasteiger partial charge in [-0.1, -0.05) is 46.3 Å². The molecule has 0 aliphatic heterocycles. The van der Waals surface area contributed by atoms with E-state index in [0.717, 1.165) is 0 Å². The van der Waals surface area contributed by atoms with E-state index in [1.54, 1.807) is 48.5 Å². The number of aromatic nitrogens is 1. The van der Waals surface area contributed by atoms with Gasteiger partial charge in [0, 0.05) is 15.4 Å². The molecule has 0 radical (unpaired) electrons. The fourth-order valence-electron chi connectivity index (χ4n) is 2.16. The van der Waals surface area contributed by atoms with Gasteiger partial charge in [-0.3, -0.25) is 0 Å². The first-order chi connectivity index (χ1) is 10.6. The van der Waals surface area contributed by atoms with Gasteiger partial charge >= 0.3 is 6.16 Å². The first kappa shape index (κ1) is 14.5. The Bertz CT molecular complexity index is 868. The molecule has 110 valence electrons. The number of carboxylic acid groups (broad SMARTS) is 1. The summed E-state index contributed by atoms with van der Waals surface area (Å²) in [5, 5.41) is 9.15. The lowest BCUT2D eigenvalue weighted by Crippen LogP contribution is -2.07. The van der Waals surface area contributed by atoms with E-state index in [1.807, 2.05) is 0 Å². The Morgan fingerprint density at radius 2 is 1.91 bits per heavy atom. The van der Waals surface area contributed by atoms with E-state index >= 15 is 0 Å². The van der Waals surface area contributed by atoms with Gasteiger partial charge in [0.2, 0.25) is 0 Å². The Balaban J connectivity index is 2.33. The van der Waals surface area contributed by atoms with Crippen molar-refractivity contribution in [1.29, 1.82) is 0 Å². The smallest absolute Gasteiger partial charge is 0.449 e. The summed E-state index contributed by atoms with van der Waals surface area (Å²) in [6.45, 7) is 0. The molecule has 0 atom stereocenters. The normalized spacial score (nSPS) is 10.6. The van der Waals surface area contributed by atoms with Crippen LogP contribution in [0.1, 0.15) is 0 Å². The van der Waals surface area contributed by atoms with Crippen LogP contribution in [0.3, 0.4) is 0 Å². The van der Waals surface area contributed by atoms with E-state index in [4.69, 9.17) is 5.11 Å². The molecule has 4 nitrogen and oxygen atoms in total. The molecule has 0 saturated carbocycles. The first-order valence-electron chi connectivity index (χ1n) is 6.31. The molecule has 0 aliphatic carbocycles. The molecule has 3 rings (SSSR count). The van der Waals surface area contributed by atoms with E-state index in [-0.39, 0.29) is 16.8 Å². The Labute approximate surface area is 133 Å². The van der Waals surface area contributed by atoms with Crippen LogP contribution in [0.25, 0.3) is 22.2 Å². The van der Waals surface area contributed by atoms with Gasteiger partial charge in [0.1, 0.15) is 5.69 Å². The highest BCUT2D eigenvalue weighted by Gasteiger charge is 2.20. The standard InChI is InChI=1S/C16H9BrFNO3/c17-10-6-7-12-11(8-10)15(22-16(20)21)13(18)14(19-12)9-4-2-1-3-5-9/h1-8H,(H,20,21). The molecule has 0 bridgehead atoms. The average molecular weight is 362 g/mol. The van der Waals surface area contributed by atoms with Gasteiger partial charge < -0.3 is 9.84 Å². The van der Waals surface area contributed by atoms with Crippen LogP contribution in [-0.4, -0.2) is 16.2 Å². The van der Waals surface area contributed by atoms with Gasteiger partial charge in [-0.15, -0.1) is 0 Å². The number of benzene rings is 2. The lowest BCUT2D eigenvalue weighted by molar-refractivity contribution is 0.143. The van der Waals surface area contributed by atoms with Crippen LogP contribution >= 0.6 is 15.9 Å². The molecule has 1 aromatic heterocycles. The van der Waals surface area contributed by atoms with E-state index < -0.39 is 12.0 Å². The minimum absolute atomic E-state index is 0.0478. The van der Waals surface area contributed by atoms with Crippen LogP contribution in [0.5, 0.6) is 5.75 Å². The number of nitrogens with zero attached hydrogens (tertiary/aromatic N) is 1. The van der Waals surface area contributed by atoms with Gasteiger partial charge in [0.25, 0.3) is 0 Å². The quantitative estimate of drug-likeness (QED) is 0.662. The van der Waals surface area contributed by atoms with E-state index in [0.29, 0.717) is 15.6 Å². The molecular weight excluding hydrogens is 353 g/mol. The van der Waals surface area contributed by atoms with Crippen molar-refractivity contribution < 1.29 is 19.0 Å². The molecule has 0 spiro atoms. The molecule has 0 aliphatic rings. The maximum Gasteiger partial charge on any atom is 0.511 e. The number of ether oxygens (including phenoxy) is 1. The van der Waals surface area contributed by atoms with Crippen molar-refractivity contribution in [3.05, 3.63) is 58.8 Å². The van der Waals surface area contributed by atoms with Crippen LogP contribution in [0, 0.1) is 5.82 Å². The van der Waals surface area contributed by atoms with E-state index in [2.05, 4.69) is 25.7 Å². The average Bonchev–Trinajstić information content (AvgIpc) is 2.51. The second-order valence-electron chi connectivity index (χ2n) is 4.50. The summed E-state index contributed by atoms with van der Waals surface area (Å²) in [7, 11) is 0. The fraction of sp³-hybridized carbons (Fsp3) is 0. The third-order valence-electron chi connectivity index (χ3n) is 3.08. The minimum Gasteiger partial charge on any atom is -0.449 e. The second kappa shape index (κ2) is 5.73. The summed E-state index contributed by atoms with van der Waals surface area (Å²) in [5.41, 5.74) is 1.03. The summed E-state index contributed by atoms with van der Waals surface area (Å²) in [6, 6.07) is 13.7. The van der Waals surface area contributed by atoms with Crippen LogP contribution in [0.4, 0.5) is 9.18 Å². The van der Waals surface area contributed by atoms with Crippen LogP contribution in [-0.2, 0) is 0 Å². The number of hydrogen-bond donors (Lipinski definition) is 1. The summed E-state index contributed by atoms with van der Waals surface area (Å²) in [5.74, 6) is -1.16. The fourth-order valence-corrected chi connectivity index (χ4v) is 2.52. The highest BCUT2D eigenvalue weighted by atomic mass is 79.9. The molecule has 0 amide bonds. The predicted octanol–water partition coefficient (Wildman–Crippen LogP) is 4.86. The third-order valence-corrected chi connectivity index (χ3v) is 3.57. The van der Waals surface area contributed by atoms with Gasteiger partial charge in [-0.25, -0.2) is 14.2 Å². The summed E-state index contributed by atoms with van der Waals surface area (Å²) in [4.78, 5) is 15.2. The molecule has 3 aromatic rings. The van der Waals surface area contributed by atoms with Crippen molar-refractivity contribution in [3.8, 4) is 17.0 Å². The van der Waals surface area contributed by atoms with Crippen molar-refractivity contribution in [1.82, 2.24) is 4.98 Å². The largest absolute Gasteiger partial charge is 0.511 e. The van der Waals surface area contributed by atoms with Crippen LogP contribution in [0.15, 0.2) is 53.0 Å². The zero-order chi connectivity index (χ0) is 15.7. The maximum atomic E-state index is 14.7. The summed E-state index contributed by atoms with van der Waals surface area (Å²) >= 11 is 3.27. The van der Waals surface area contributed by atoms with Crippen molar-refractivity contribution >= 4 is 33.0 Å². The summed E-state index contributed by atoms with van der Waals surface area (Å²) < 4.78 is 20.0. The molecule has 0 saturated heterocycles. The molecule has 0 unspecified atom stereocenters. The highest BCUT2D eigenvalue weighted by Crippen LogP contribution is 2.35. The van der Waals surface area contributed by atoms with E-state index in [9.17, 15) is 9.18 Å². The SMILES string of the molecule is O=C(O)Oc1c(F)c(-c2ccccc2)nc2ccc(Br)cc12. The number of pyridine rings is 1. The molecule has 1 heterocycles. The Morgan fingerprint density at radius 3 is 2.59 bits per heavy atom. The molecule has 6 heteroatoms. The molecule has 1 N–H and O–H groups in total. The zero-order valence-electron chi connectivity index (χ0n) is 11.1. The lowest BCUT2D eigenvalue weighted by Gasteiger charge is -2.11. The number of fused-ring (bicyclic) bond motifs is 1. The molecule has 22 heavy (non-hydrogen) atoms. The Kier molecular flexibility index (Phi) is 3.77.